The Kier molecular flexibility index (Phi) is 6.65. The normalized spacial score (nSPS) is 25.8. The highest BCUT2D eigenvalue weighted by Crippen LogP contribution is 2.45. The predicted molar refractivity (Wildman–Crippen MR) is 130 cm³/mol. The maximum absolute atomic E-state index is 13.3. The summed E-state index contributed by atoms with van der Waals surface area (Å²) < 4.78 is 16.6. The molecule has 6 heteroatoms. The van der Waals surface area contributed by atoms with Crippen LogP contribution >= 0.6 is 0 Å². The number of amides is 1. The first-order chi connectivity index (χ1) is 16.5. The lowest BCUT2D eigenvalue weighted by molar-refractivity contribution is -0.132. The van der Waals surface area contributed by atoms with Gasteiger partial charge in [0.15, 0.2) is 6.29 Å². The van der Waals surface area contributed by atoms with Gasteiger partial charge in [0.1, 0.15) is 6.61 Å². The van der Waals surface area contributed by atoms with E-state index in [4.69, 9.17) is 14.2 Å². The van der Waals surface area contributed by atoms with Crippen molar-refractivity contribution in [1.82, 2.24) is 4.90 Å². The molecule has 2 aliphatic heterocycles. The topological polar surface area (TPSA) is 68.2 Å². The third-order valence-electron chi connectivity index (χ3n) is 8.01. The summed E-state index contributed by atoms with van der Waals surface area (Å²) in [6.07, 6.45) is 4.72. The molecule has 2 fully saturated rings. The van der Waals surface area contributed by atoms with Gasteiger partial charge in [0.05, 0.1) is 5.60 Å². The Morgan fingerprint density at radius 3 is 2.12 bits per heavy atom. The van der Waals surface area contributed by atoms with E-state index in [1.54, 1.807) is 14.2 Å². The van der Waals surface area contributed by atoms with Crippen LogP contribution in [0.5, 0.6) is 0 Å². The number of fused-ring (bicyclic) bond motifs is 5. The number of aliphatic hydroxyl groups is 1. The molecule has 2 aromatic carbocycles. The minimum Gasteiger partial charge on any atom is -0.448 e. The van der Waals surface area contributed by atoms with Crippen LogP contribution in [-0.4, -0.2) is 60.9 Å². The second-order valence-corrected chi connectivity index (χ2v) is 10.0. The van der Waals surface area contributed by atoms with E-state index in [1.807, 2.05) is 17.0 Å². The number of methoxy groups -OCH3 is 2. The molecule has 6 nitrogen and oxygen atoms in total. The van der Waals surface area contributed by atoms with E-state index < -0.39 is 5.60 Å². The summed E-state index contributed by atoms with van der Waals surface area (Å²) in [5.74, 6) is 0.0536. The molecule has 3 aliphatic rings. The second-order valence-electron chi connectivity index (χ2n) is 10.0. The first kappa shape index (κ1) is 23.3. The zero-order valence-electron chi connectivity index (χ0n) is 20.1. The number of carbonyl (C=O) groups excluding carboxylic acids is 1. The molecule has 2 bridgehead atoms. The summed E-state index contributed by atoms with van der Waals surface area (Å²) in [6.45, 7) is 0.330. The van der Waals surface area contributed by atoms with Crippen molar-refractivity contribution >= 4 is 6.09 Å². The Bertz CT molecular complexity index is 960. The lowest BCUT2D eigenvalue weighted by Gasteiger charge is -2.51. The summed E-state index contributed by atoms with van der Waals surface area (Å²) in [7, 11) is 3.24. The highest BCUT2D eigenvalue weighted by molar-refractivity contribution is 5.79. The Hall–Kier alpha value is -2.41. The second kappa shape index (κ2) is 9.68. The van der Waals surface area contributed by atoms with Crippen molar-refractivity contribution in [2.24, 2.45) is 0 Å². The average Bonchev–Trinajstić information content (AvgIpc) is 3.16. The van der Waals surface area contributed by atoms with Gasteiger partial charge in [0, 0.05) is 38.6 Å². The quantitative estimate of drug-likeness (QED) is 0.578. The van der Waals surface area contributed by atoms with Gasteiger partial charge in [-0.1, -0.05) is 48.5 Å². The molecule has 0 radical (unpaired) electrons. The molecule has 2 heterocycles. The summed E-state index contributed by atoms with van der Waals surface area (Å²) in [5, 5.41) is 11.3. The molecule has 1 aliphatic carbocycles. The number of hydrogen-bond donors (Lipinski definition) is 1. The summed E-state index contributed by atoms with van der Waals surface area (Å²) in [5.41, 5.74) is 4.09. The SMILES string of the molecule is COC(CCC1(O)CC2CCCC(C1)N2C(=O)OCC1c2ccccc2-c2ccccc21)OC. The molecular formula is C28H35NO5. The predicted octanol–water partition coefficient (Wildman–Crippen LogP) is 5.08. The van der Waals surface area contributed by atoms with Crippen LogP contribution in [0, 0.1) is 0 Å². The van der Waals surface area contributed by atoms with Crippen molar-refractivity contribution in [2.75, 3.05) is 20.8 Å². The third-order valence-corrected chi connectivity index (χ3v) is 8.01. The van der Waals surface area contributed by atoms with E-state index in [0.717, 1.165) is 19.3 Å². The molecule has 1 N–H and O–H groups in total. The van der Waals surface area contributed by atoms with Crippen molar-refractivity contribution in [3.8, 4) is 11.1 Å². The molecule has 0 saturated carbocycles. The minimum absolute atomic E-state index is 0.0108. The lowest BCUT2D eigenvalue weighted by atomic mass is 9.74. The van der Waals surface area contributed by atoms with Crippen LogP contribution < -0.4 is 0 Å². The zero-order valence-corrected chi connectivity index (χ0v) is 20.1. The first-order valence-electron chi connectivity index (χ1n) is 12.4. The van der Waals surface area contributed by atoms with Gasteiger partial charge in [-0.3, -0.25) is 0 Å². The van der Waals surface area contributed by atoms with Crippen LogP contribution in [0.3, 0.4) is 0 Å². The van der Waals surface area contributed by atoms with Gasteiger partial charge in [0.2, 0.25) is 0 Å². The third kappa shape index (κ3) is 4.35. The largest absolute Gasteiger partial charge is 0.448 e. The molecular weight excluding hydrogens is 430 g/mol. The molecule has 0 aromatic heterocycles. The standard InChI is InChI=1S/C28H35NO5/c1-32-26(33-2)14-15-28(31)16-19-8-7-9-20(17-28)29(19)27(30)34-18-25-23-12-5-3-10-21(23)22-11-4-6-13-24(22)25/h3-6,10-13,19-20,25-26,31H,7-9,14-18H2,1-2H3. The number of nitrogens with zero attached hydrogens (tertiary/aromatic N) is 1. The monoisotopic (exact) mass is 465 g/mol. The molecule has 182 valence electrons. The van der Waals surface area contributed by atoms with Gasteiger partial charge in [0.25, 0.3) is 0 Å². The van der Waals surface area contributed by atoms with Crippen LogP contribution in [0.2, 0.25) is 0 Å². The van der Waals surface area contributed by atoms with E-state index in [9.17, 15) is 9.90 Å². The van der Waals surface area contributed by atoms with Crippen LogP contribution in [0.25, 0.3) is 11.1 Å². The van der Waals surface area contributed by atoms with Crippen LogP contribution in [0.1, 0.15) is 62.0 Å². The van der Waals surface area contributed by atoms with Gasteiger partial charge in [-0.05, 0) is 60.8 Å². The molecule has 0 spiro atoms. The lowest BCUT2D eigenvalue weighted by Crippen LogP contribution is -2.60. The smallest absolute Gasteiger partial charge is 0.410 e. The number of benzene rings is 2. The Balaban J connectivity index is 1.26. The minimum atomic E-state index is -0.800. The van der Waals surface area contributed by atoms with Gasteiger partial charge in [-0.2, -0.15) is 0 Å². The molecule has 2 unspecified atom stereocenters. The van der Waals surface area contributed by atoms with Crippen molar-refractivity contribution in [3.05, 3.63) is 59.7 Å². The van der Waals surface area contributed by atoms with Crippen molar-refractivity contribution in [1.29, 1.82) is 0 Å². The number of hydrogen-bond acceptors (Lipinski definition) is 5. The fourth-order valence-corrected chi connectivity index (χ4v) is 6.42. The van der Waals surface area contributed by atoms with Crippen molar-refractivity contribution < 1.29 is 24.1 Å². The first-order valence-corrected chi connectivity index (χ1v) is 12.4. The van der Waals surface area contributed by atoms with E-state index in [1.165, 1.54) is 22.3 Å². The maximum Gasteiger partial charge on any atom is 0.410 e. The molecule has 34 heavy (non-hydrogen) atoms. The molecule has 2 aromatic rings. The van der Waals surface area contributed by atoms with E-state index in [2.05, 4.69) is 36.4 Å². The Morgan fingerprint density at radius 1 is 1.00 bits per heavy atom. The molecule has 5 rings (SSSR count). The fraction of sp³-hybridized carbons (Fsp3) is 0.536. The van der Waals surface area contributed by atoms with Gasteiger partial charge < -0.3 is 24.2 Å². The number of carbonyl (C=O) groups is 1. The van der Waals surface area contributed by atoms with Gasteiger partial charge >= 0.3 is 6.09 Å². The molecule has 2 saturated heterocycles. The summed E-state index contributed by atoms with van der Waals surface area (Å²) >= 11 is 0. The van der Waals surface area contributed by atoms with E-state index >= 15 is 0 Å². The maximum atomic E-state index is 13.3. The average molecular weight is 466 g/mol. The zero-order chi connectivity index (χ0) is 23.7. The summed E-state index contributed by atoms with van der Waals surface area (Å²) in [4.78, 5) is 15.3. The molecule has 2 atom stereocenters. The van der Waals surface area contributed by atoms with E-state index in [-0.39, 0.29) is 30.4 Å². The van der Waals surface area contributed by atoms with Crippen molar-refractivity contribution in [2.45, 2.75) is 74.8 Å². The van der Waals surface area contributed by atoms with Crippen LogP contribution in [0.15, 0.2) is 48.5 Å². The van der Waals surface area contributed by atoms with Gasteiger partial charge in [-0.25, -0.2) is 4.79 Å². The fourth-order valence-electron chi connectivity index (χ4n) is 6.42. The highest BCUT2D eigenvalue weighted by Gasteiger charge is 2.48. The Morgan fingerprint density at radius 2 is 1.56 bits per heavy atom. The highest BCUT2D eigenvalue weighted by atomic mass is 16.7. The van der Waals surface area contributed by atoms with Gasteiger partial charge in [-0.15, -0.1) is 0 Å². The number of piperidine rings is 2. The van der Waals surface area contributed by atoms with Crippen LogP contribution in [-0.2, 0) is 14.2 Å². The van der Waals surface area contributed by atoms with Crippen molar-refractivity contribution in [3.63, 3.8) is 0 Å². The van der Waals surface area contributed by atoms with Crippen LogP contribution in [0.4, 0.5) is 4.79 Å². The van der Waals surface area contributed by atoms with E-state index in [0.29, 0.717) is 32.3 Å². The molecule has 1 amide bonds. The number of rotatable bonds is 7. The Labute approximate surface area is 201 Å². The summed E-state index contributed by atoms with van der Waals surface area (Å²) in [6, 6.07) is 16.8. The number of ether oxygens (including phenoxy) is 3.